The fourth-order valence-electron chi connectivity index (χ4n) is 3.67. The summed E-state index contributed by atoms with van der Waals surface area (Å²) in [5.74, 6) is 0.634. The van der Waals surface area contributed by atoms with Crippen molar-refractivity contribution in [2.45, 2.75) is 12.1 Å². The standard InChI is InChI=1S/C21H22N2O4/c1-26-16-7-8-17-15(11-16)12-18(22-17)21(25)23-9-10-27-19(13-24)20(23)14-5-3-2-4-6-14/h2-8,11-12,19-20,22,24H,9-10,13H2,1H3/t19-,20-/m0/s1. The van der Waals surface area contributed by atoms with Gasteiger partial charge in [-0.15, -0.1) is 0 Å². The van der Waals surface area contributed by atoms with Gasteiger partial charge >= 0.3 is 0 Å². The van der Waals surface area contributed by atoms with Gasteiger partial charge in [0.1, 0.15) is 17.5 Å². The van der Waals surface area contributed by atoms with Crippen LogP contribution in [0.25, 0.3) is 10.9 Å². The molecule has 140 valence electrons. The van der Waals surface area contributed by atoms with Crippen LogP contribution < -0.4 is 4.74 Å². The third-order valence-electron chi connectivity index (χ3n) is 4.99. The molecule has 3 aromatic rings. The van der Waals surface area contributed by atoms with Crippen LogP contribution in [0, 0.1) is 0 Å². The third-order valence-corrected chi connectivity index (χ3v) is 4.99. The minimum atomic E-state index is -0.449. The predicted molar refractivity (Wildman–Crippen MR) is 102 cm³/mol. The summed E-state index contributed by atoms with van der Waals surface area (Å²) in [6.07, 6.45) is -0.449. The van der Waals surface area contributed by atoms with Gasteiger partial charge in [0.2, 0.25) is 0 Å². The Bertz CT molecular complexity index is 938. The first kappa shape index (κ1) is 17.6. The maximum absolute atomic E-state index is 13.3. The fraction of sp³-hybridized carbons (Fsp3) is 0.286. The molecule has 1 amide bonds. The van der Waals surface area contributed by atoms with E-state index >= 15 is 0 Å². The van der Waals surface area contributed by atoms with E-state index in [0.717, 1.165) is 22.2 Å². The van der Waals surface area contributed by atoms with Crippen LogP contribution >= 0.6 is 0 Å². The van der Waals surface area contributed by atoms with Crippen molar-refractivity contribution in [3.8, 4) is 5.75 Å². The Morgan fingerprint density at radius 2 is 2.07 bits per heavy atom. The lowest BCUT2D eigenvalue weighted by Crippen LogP contribution is -2.49. The zero-order chi connectivity index (χ0) is 18.8. The number of benzene rings is 2. The summed E-state index contributed by atoms with van der Waals surface area (Å²) in [6, 6.07) is 16.9. The number of H-pyrrole nitrogens is 1. The van der Waals surface area contributed by atoms with Crippen LogP contribution in [0.5, 0.6) is 5.75 Å². The molecule has 2 N–H and O–H groups in total. The summed E-state index contributed by atoms with van der Waals surface area (Å²) in [5.41, 5.74) is 2.34. The lowest BCUT2D eigenvalue weighted by molar-refractivity contribution is -0.0812. The van der Waals surface area contributed by atoms with Crippen molar-refractivity contribution in [2.75, 3.05) is 26.9 Å². The Kier molecular flexibility index (Phi) is 4.83. The second kappa shape index (κ2) is 7.42. The van der Waals surface area contributed by atoms with E-state index in [-0.39, 0.29) is 18.6 Å². The molecule has 1 aliphatic rings. The van der Waals surface area contributed by atoms with Gasteiger partial charge in [-0.3, -0.25) is 4.79 Å². The highest BCUT2D eigenvalue weighted by molar-refractivity contribution is 5.98. The van der Waals surface area contributed by atoms with E-state index < -0.39 is 6.10 Å². The van der Waals surface area contributed by atoms with Gasteiger partial charge in [0, 0.05) is 17.4 Å². The number of aromatic nitrogens is 1. The Labute approximate surface area is 157 Å². The van der Waals surface area contributed by atoms with Crippen LogP contribution in [0.15, 0.2) is 54.6 Å². The van der Waals surface area contributed by atoms with Gasteiger partial charge in [-0.2, -0.15) is 0 Å². The number of aliphatic hydroxyl groups excluding tert-OH is 1. The maximum Gasteiger partial charge on any atom is 0.270 e. The molecule has 1 aliphatic heterocycles. The van der Waals surface area contributed by atoms with Crippen molar-refractivity contribution in [3.63, 3.8) is 0 Å². The number of hydrogen-bond donors (Lipinski definition) is 2. The average Bonchev–Trinajstić information content (AvgIpc) is 3.16. The number of nitrogens with zero attached hydrogens (tertiary/aromatic N) is 1. The molecule has 0 unspecified atom stereocenters. The van der Waals surface area contributed by atoms with E-state index in [1.165, 1.54) is 0 Å². The summed E-state index contributed by atoms with van der Waals surface area (Å²) in [6.45, 7) is 0.717. The van der Waals surface area contributed by atoms with Crippen LogP contribution in [0.2, 0.25) is 0 Å². The lowest BCUT2D eigenvalue weighted by Gasteiger charge is -2.40. The zero-order valence-corrected chi connectivity index (χ0v) is 15.1. The SMILES string of the molecule is COc1ccc2[nH]c(C(=O)N3CCO[C@@H](CO)[C@@H]3c3ccccc3)cc2c1. The Morgan fingerprint density at radius 3 is 2.81 bits per heavy atom. The monoisotopic (exact) mass is 366 g/mol. The van der Waals surface area contributed by atoms with E-state index in [4.69, 9.17) is 9.47 Å². The predicted octanol–water partition coefficient (Wildman–Crippen LogP) is 2.75. The molecule has 6 nitrogen and oxygen atoms in total. The van der Waals surface area contributed by atoms with Crippen molar-refractivity contribution in [1.29, 1.82) is 0 Å². The number of rotatable bonds is 4. The summed E-state index contributed by atoms with van der Waals surface area (Å²) < 4.78 is 11.0. The normalized spacial score (nSPS) is 20.0. The van der Waals surface area contributed by atoms with Crippen LogP contribution in [-0.4, -0.2) is 53.9 Å². The largest absolute Gasteiger partial charge is 0.497 e. The number of nitrogens with one attached hydrogen (secondary N) is 1. The highest BCUT2D eigenvalue weighted by Crippen LogP contribution is 2.31. The zero-order valence-electron chi connectivity index (χ0n) is 15.1. The molecule has 1 fully saturated rings. The van der Waals surface area contributed by atoms with Gasteiger partial charge in [-0.25, -0.2) is 0 Å². The topological polar surface area (TPSA) is 74.8 Å². The van der Waals surface area contributed by atoms with Gasteiger partial charge in [-0.1, -0.05) is 30.3 Å². The molecule has 1 saturated heterocycles. The third kappa shape index (κ3) is 3.29. The molecule has 0 radical (unpaired) electrons. The van der Waals surface area contributed by atoms with Crippen LogP contribution in [0.3, 0.4) is 0 Å². The van der Waals surface area contributed by atoms with Gasteiger partial charge in [0.15, 0.2) is 0 Å². The number of carbonyl (C=O) groups excluding carboxylic acids is 1. The first-order valence-electron chi connectivity index (χ1n) is 8.96. The second-order valence-electron chi connectivity index (χ2n) is 6.58. The smallest absolute Gasteiger partial charge is 0.270 e. The summed E-state index contributed by atoms with van der Waals surface area (Å²) in [5, 5.41) is 10.7. The first-order valence-corrected chi connectivity index (χ1v) is 8.96. The van der Waals surface area contributed by atoms with Crippen molar-refractivity contribution in [3.05, 3.63) is 65.9 Å². The lowest BCUT2D eigenvalue weighted by atomic mass is 9.98. The number of aromatic amines is 1. The highest BCUT2D eigenvalue weighted by Gasteiger charge is 2.36. The molecule has 1 aromatic heterocycles. The molecule has 27 heavy (non-hydrogen) atoms. The molecule has 2 atom stereocenters. The number of ether oxygens (including phenoxy) is 2. The van der Waals surface area contributed by atoms with Gasteiger partial charge in [-0.05, 0) is 29.8 Å². The van der Waals surface area contributed by atoms with E-state index in [2.05, 4.69) is 4.98 Å². The van der Waals surface area contributed by atoms with Crippen LogP contribution in [-0.2, 0) is 4.74 Å². The number of hydrogen-bond acceptors (Lipinski definition) is 4. The van der Waals surface area contributed by atoms with Gasteiger partial charge in [0.25, 0.3) is 5.91 Å². The van der Waals surface area contributed by atoms with Crippen molar-refractivity contribution in [1.82, 2.24) is 9.88 Å². The van der Waals surface area contributed by atoms with Crippen molar-refractivity contribution < 1.29 is 19.4 Å². The Morgan fingerprint density at radius 1 is 1.26 bits per heavy atom. The summed E-state index contributed by atoms with van der Waals surface area (Å²) in [4.78, 5) is 18.3. The van der Waals surface area contributed by atoms with Crippen molar-refractivity contribution in [2.24, 2.45) is 0 Å². The number of amides is 1. The number of carbonyl (C=O) groups is 1. The molecule has 2 heterocycles. The van der Waals surface area contributed by atoms with E-state index in [1.54, 1.807) is 12.0 Å². The average molecular weight is 366 g/mol. The first-order chi connectivity index (χ1) is 13.2. The summed E-state index contributed by atoms with van der Waals surface area (Å²) in [7, 11) is 1.62. The van der Waals surface area contributed by atoms with E-state index in [0.29, 0.717) is 18.8 Å². The number of methoxy groups -OCH3 is 1. The Hall–Kier alpha value is -2.83. The molecule has 2 aromatic carbocycles. The Balaban J connectivity index is 1.70. The van der Waals surface area contributed by atoms with Gasteiger partial charge in [0.05, 0.1) is 26.4 Å². The van der Waals surface area contributed by atoms with E-state index in [1.807, 2.05) is 54.6 Å². The molecule has 0 saturated carbocycles. The number of morpholine rings is 1. The maximum atomic E-state index is 13.3. The minimum Gasteiger partial charge on any atom is -0.497 e. The molecular weight excluding hydrogens is 344 g/mol. The van der Waals surface area contributed by atoms with Gasteiger partial charge < -0.3 is 24.5 Å². The van der Waals surface area contributed by atoms with E-state index in [9.17, 15) is 9.90 Å². The molecule has 0 aliphatic carbocycles. The highest BCUT2D eigenvalue weighted by atomic mass is 16.5. The van der Waals surface area contributed by atoms with Crippen molar-refractivity contribution >= 4 is 16.8 Å². The fourth-order valence-corrected chi connectivity index (χ4v) is 3.67. The minimum absolute atomic E-state index is 0.110. The number of aliphatic hydroxyl groups is 1. The molecule has 6 heteroatoms. The number of fused-ring (bicyclic) bond motifs is 1. The quantitative estimate of drug-likeness (QED) is 0.745. The van der Waals surface area contributed by atoms with Crippen LogP contribution in [0.4, 0.5) is 0 Å². The molecule has 0 spiro atoms. The molecule has 0 bridgehead atoms. The molecule has 4 rings (SSSR count). The van der Waals surface area contributed by atoms with Crippen LogP contribution in [0.1, 0.15) is 22.1 Å². The molecular formula is C21H22N2O4. The summed E-state index contributed by atoms with van der Waals surface area (Å²) >= 11 is 0. The second-order valence-corrected chi connectivity index (χ2v) is 6.58.